The second-order valence-corrected chi connectivity index (χ2v) is 8.65. The summed E-state index contributed by atoms with van der Waals surface area (Å²) in [6, 6.07) is 14.1. The van der Waals surface area contributed by atoms with E-state index in [4.69, 9.17) is 4.74 Å². The standard InChI is InChI=1S/C20H24N2O4S/c1-15(22-11-13-26-14-12-22)16-7-9-17(10-8-16)21-20(23)18-5-3-4-6-19(18)27(2,24)25/h3-10,15H,11-14H2,1-2H3,(H,21,23). The molecule has 1 heterocycles. The van der Waals surface area contributed by atoms with E-state index in [0.717, 1.165) is 38.1 Å². The predicted molar refractivity (Wildman–Crippen MR) is 105 cm³/mol. The van der Waals surface area contributed by atoms with Crippen LogP contribution in [-0.2, 0) is 14.6 Å². The number of benzene rings is 2. The molecule has 0 aliphatic carbocycles. The van der Waals surface area contributed by atoms with Crippen molar-refractivity contribution in [3.63, 3.8) is 0 Å². The zero-order chi connectivity index (χ0) is 19.4. The van der Waals surface area contributed by atoms with Gasteiger partial charge in [0.15, 0.2) is 9.84 Å². The van der Waals surface area contributed by atoms with Gasteiger partial charge in [0, 0.05) is 31.1 Å². The van der Waals surface area contributed by atoms with Gasteiger partial charge in [0.2, 0.25) is 0 Å². The van der Waals surface area contributed by atoms with Crippen LogP contribution in [0.15, 0.2) is 53.4 Å². The third kappa shape index (κ3) is 4.74. The molecule has 1 amide bonds. The van der Waals surface area contributed by atoms with Crippen molar-refractivity contribution in [3.8, 4) is 0 Å². The van der Waals surface area contributed by atoms with Crippen LogP contribution in [-0.4, -0.2) is 51.8 Å². The minimum atomic E-state index is -3.48. The summed E-state index contributed by atoms with van der Waals surface area (Å²) >= 11 is 0. The number of nitrogens with zero attached hydrogens (tertiary/aromatic N) is 1. The average Bonchev–Trinajstić information content (AvgIpc) is 2.68. The minimum Gasteiger partial charge on any atom is -0.379 e. The molecular formula is C20H24N2O4S. The molecule has 1 aliphatic rings. The van der Waals surface area contributed by atoms with Crippen molar-refractivity contribution in [2.24, 2.45) is 0 Å². The van der Waals surface area contributed by atoms with Gasteiger partial charge in [-0.15, -0.1) is 0 Å². The summed E-state index contributed by atoms with van der Waals surface area (Å²) in [7, 11) is -3.48. The summed E-state index contributed by atoms with van der Waals surface area (Å²) in [5.41, 5.74) is 1.93. The molecule has 1 unspecified atom stereocenters. The van der Waals surface area contributed by atoms with Crippen LogP contribution in [0.25, 0.3) is 0 Å². The largest absolute Gasteiger partial charge is 0.379 e. The van der Waals surface area contributed by atoms with Gasteiger partial charge in [-0.3, -0.25) is 9.69 Å². The number of anilines is 1. The van der Waals surface area contributed by atoms with E-state index in [1.807, 2.05) is 24.3 Å². The number of hydrogen-bond donors (Lipinski definition) is 1. The summed E-state index contributed by atoms with van der Waals surface area (Å²) in [5.74, 6) is -0.440. The normalized spacial score (nSPS) is 16.7. The highest BCUT2D eigenvalue weighted by Gasteiger charge is 2.20. The van der Waals surface area contributed by atoms with Crippen LogP contribution >= 0.6 is 0 Å². The molecule has 1 aliphatic heterocycles. The minimum absolute atomic E-state index is 0.0278. The van der Waals surface area contributed by atoms with E-state index in [9.17, 15) is 13.2 Å². The Morgan fingerprint density at radius 2 is 1.70 bits per heavy atom. The number of ether oxygens (including phenoxy) is 1. The fourth-order valence-corrected chi connectivity index (χ4v) is 4.08. The zero-order valence-corrected chi connectivity index (χ0v) is 16.3. The highest BCUT2D eigenvalue weighted by Crippen LogP contribution is 2.23. The van der Waals surface area contributed by atoms with E-state index in [2.05, 4.69) is 17.1 Å². The van der Waals surface area contributed by atoms with Gasteiger partial charge in [-0.2, -0.15) is 0 Å². The van der Waals surface area contributed by atoms with Crippen molar-refractivity contribution in [1.29, 1.82) is 0 Å². The van der Waals surface area contributed by atoms with Crippen LogP contribution in [0.5, 0.6) is 0 Å². The van der Waals surface area contributed by atoms with Crippen molar-refractivity contribution >= 4 is 21.4 Å². The highest BCUT2D eigenvalue weighted by atomic mass is 32.2. The lowest BCUT2D eigenvalue weighted by Gasteiger charge is -2.32. The Morgan fingerprint density at radius 1 is 1.07 bits per heavy atom. The summed E-state index contributed by atoms with van der Waals surface area (Å²) in [4.78, 5) is 14.9. The summed E-state index contributed by atoms with van der Waals surface area (Å²) < 4.78 is 29.2. The van der Waals surface area contributed by atoms with Crippen LogP contribution in [0, 0.1) is 0 Å². The van der Waals surface area contributed by atoms with Crippen molar-refractivity contribution in [3.05, 3.63) is 59.7 Å². The molecule has 2 aromatic carbocycles. The van der Waals surface area contributed by atoms with Crippen molar-refractivity contribution in [1.82, 2.24) is 4.90 Å². The van der Waals surface area contributed by atoms with E-state index in [1.54, 1.807) is 12.1 Å². The van der Waals surface area contributed by atoms with E-state index in [0.29, 0.717) is 5.69 Å². The lowest BCUT2D eigenvalue weighted by Crippen LogP contribution is -2.37. The van der Waals surface area contributed by atoms with Gasteiger partial charge in [-0.1, -0.05) is 24.3 Å². The first-order valence-electron chi connectivity index (χ1n) is 8.88. The van der Waals surface area contributed by atoms with Crippen LogP contribution < -0.4 is 5.32 Å². The highest BCUT2D eigenvalue weighted by molar-refractivity contribution is 7.90. The topological polar surface area (TPSA) is 75.7 Å². The number of amides is 1. The summed E-state index contributed by atoms with van der Waals surface area (Å²) in [6.45, 7) is 5.46. The van der Waals surface area contributed by atoms with Crippen molar-refractivity contribution in [2.75, 3.05) is 37.9 Å². The quantitative estimate of drug-likeness (QED) is 0.852. The molecule has 2 aromatic rings. The van der Waals surface area contributed by atoms with Gasteiger partial charge in [-0.25, -0.2) is 8.42 Å². The van der Waals surface area contributed by atoms with Gasteiger partial charge in [-0.05, 0) is 36.8 Å². The predicted octanol–water partition coefficient (Wildman–Crippen LogP) is 2.74. The van der Waals surface area contributed by atoms with E-state index < -0.39 is 15.7 Å². The maximum Gasteiger partial charge on any atom is 0.256 e. The number of carbonyl (C=O) groups excluding carboxylic acids is 1. The number of hydrogen-bond acceptors (Lipinski definition) is 5. The summed E-state index contributed by atoms with van der Waals surface area (Å²) in [6.07, 6.45) is 1.10. The number of sulfone groups is 1. The first-order chi connectivity index (χ1) is 12.9. The fraction of sp³-hybridized carbons (Fsp3) is 0.350. The molecule has 1 N–H and O–H groups in total. The van der Waals surface area contributed by atoms with Crippen LogP contribution in [0.3, 0.4) is 0 Å². The molecule has 27 heavy (non-hydrogen) atoms. The number of morpholine rings is 1. The number of rotatable bonds is 5. The van der Waals surface area contributed by atoms with Crippen LogP contribution in [0.4, 0.5) is 5.69 Å². The SMILES string of the molecule is CC(c1ccc(NC(=O)c2ccccc2S(C)(=O)=O)cc1)N1CCOCC1. The van der Waals surface area contributed by atoms with Crippen LogP contribution in [0.2, 0.25) is 0 Å². The van der Waals surface area contributed by atoms with E-state index in [-0.39, 0.29) is 16.5 Å². The molecule has 0 spiro atoms. The molecule has 0 radical (unpaired) electrons. The van der Waals surface area contributed by atoms with Crippen LogP contribution in [0.1, 0.15) is 28.9 Å². The van der Waals surface area contributed by atoms with E-state index >= 15 is 0 Å². The van der Waals surface area contributed by atoms with Gasteiger partial charge in [0.05, 0.1) is 23.7 Å². The molecule has 144 valence electrons. The zero-order valence-electron chi connectivity index (χ0n) is 15.5. The molecule has 0 bridgehead atoms. The second-order valence-electron chi connectivity index (χ2n) is 6.67. The second kappa shape index (κ2) is 8.21. The third-order valence-corrected chi connectivity index (χ3v) is 5.93. The molecule has 1 saturated heterocycles. The van der Waals surface area contributed by atoms with Gasteiger partial charge < -0.3 is 10.1 Å². The maximum absolute atomic E-state index is 12.6. The Morgan fingerprint density at radius 3 is 2.33 bits per heavy atom. The van der Waals surface area contributed by atoms with Gasteiger partial charge in [0.1, 0.15) is 0 Å². The Balaban J connectivity index is 1.73. The molecule has 6 nitrogen and oxygen atoms in total. The summed E-state index contributed by atoms with van der Waals surface area (Å²) in [5, 5.41) is 2.78. The van der Waals surface area contributed by atoms with Gasteiger partial charge >= 0.3 is 0 Å². The Kier molecular flexibility index (Phi) is 5.94. The lowest BCUT2D eigenvalue weighted by molar-refractivity contribution is 0.0198. The first-order valence-corrected chi connectivity index (χ1v) is 10.8. The number of carbonyl (C=O) groups is 1. The molecule has 1 atom stereocenters. The molecular weight excluding hydrogens is 364 g/mol. The van der Waals surface area contributed by atoms with Crippen molar-refractivity contribution in [2.45, 2.75) is 17.9 Å². The lowest BCUT2D eigenvalue weighted by atomic mass is 10.1. The smallest absolute Gasteiger partial charge is 0.256 e. The molecule has 7 heteroatoms. The Bertz CT molecular complexity index is 904. The molecule has 3 rings (SSSR count). The third-order valence-electron chi connectivity index (χ3n) is 4.78. The van der Waals surface area contributed by atoms with E-state index in [1.165, 1.54) is 12.1 Å². The average molecular weight is 388 g/mol. The molecule has 0 saturated carbocycles. The fourth-order valence-electron chi connectivity index (χ4n) is 3.20. The maximum atomic E-state index is 12.6. The molecule has 0 aromatic heterocycles. The number of nitrogens with one attached hydrogen (secondary N) is 1. The van der Waals surface area contributed by atoms with Gasteiger partial charge in [0.25, 0.3) is 5.91 Å². The van der Waals surface area contributed by atoms with Crippen molar-refractivity contribution < 1.29 is 17.9 Å². The molecule has 1 fully saturated rings. The Labute approximate surface area is 160 Å². The monoisotopic (exact) mass is 388 g/mol. The first kappa shape index (κ1) is 19.5. The Hall–Kier alpha value is -2.22.